The van der Waals surface area contributed by atoms with E-state index in [0.29, 0.717) is 5.57 Å². The maximum atomic E-state index is 9.79. The van der Waals surface area contributed by atoms with Crippen LogP contribution in [0.4, 0.5) is 0 Å². The number of hydrogen-bond acceptors (Lipinski definition) is 1. The Morgan fingerprint density at radius 1 is 1.75 bits per heavy atom. The Kier molecular flexibility index (Phi) is 4.23. The minimum absolute atomic E-state index is 0.590. The molecule has 0 heterocycles. The molecule has 8 heavy (non-hydrogen) atoms. The summed E-state index contributed by atoms with van der Waals surface area (Å²) in [5.41, 5.74) is 0.590. The minimum atomic E-state index is 0.590. The standard InChI is InChI=1S/C7H11O/c1-3-4-5-7(2)6-8/h2-5H2,1H3. The average Bonchev–Trinajstić information content (AvgIpc) is 1.83. The molecule has 0 atom stereocenters. The summed E-state index contributed by atoms with van der Waals surface area (Å²) in [6.45, 7) is 5.57. The predicted molar refractivity (Wildman–Crippen MR) is 34.4 cm³/mol. The van der Waals surface area contributed by atoms with Gasteiger partial charge in [-0.25, -0.2) is 0 Å². The molecule has 0 unspecified atom stereocenters. The Labute approximate surface area is 50.4 Å². The molecule has 0 amide bonds. The highest BCUT2D eigenvalue weighted by atomic mass is 16.1. The highest BCUT2D eigenvalue weighted by Crippen LogP contribution is 2.00. The average molecular weight is 111 g/mol. The van der Waals surface area contributed by atoms with Crippen molar-refractivity contribution in [2.75, 3.05) is 0 Å². The summed E-state index contributed by atoms with van der Waals surface area (Å²) in [5.74, 6) is 0. The summed E-state index contributed by atoms with van der Waals surface area (Å²) in [5, 5.41) is 0. The van der Waals surface area contributed by atoms with Crippen LogP contribution < -0.4 is 0 Å². The molecule has 0 rings (SSSR count). The van der Waals surface area contributed by atoms with Gasteiger partial charge in [0.25, 0.3) is 0 Å². The van der Waals surface area contributed by atoms with E-state index in [0.717, 1.165) is 19.3 Å². The van der Waals surface area contributed by atoms with Gasteiger partial charge >= 0.3 is 0 Å². The number of hydrogen-bond donors (Lipinski definition) is 0. The van der Waals surface area contributed by atoms with E-state index in [2.05, 4.69) is 13.5 Å². The topological polar surface area (TPSA) is 17.1 Å². The fourth-order valence-corrected chi connectivity index (χ4v) is 0.441. The molecule has 1 heteroatoms. The van der Waals surface area contributed by atoms with Gasteiger partial charge in [-0.2, -0.15) is 0 Å². The molecule has 0 aromatic rings. The zero-order chi connectivity index (χ0) is 6.41. The van der Waals surface area contributed by atoms with Gasteiger partial charge in [-0.15, -0.1) is 0 Å². The Balaban J connectivity index is 3.11. The van der Waals surface area contributed by atoms with E-state index in [9.17, 15) is 4.79 Å². The first-order valence-corrected chi connectivity index (χ1v) is 2.87. The molecule has 0 N–H and O–H groups in total. The van der Waals surface area contributed by atoms with E-state index in [1.54, 1.807) is 6.29 Å². The molecule has 1 radical (unpaired) electrons. The van der Waals surface area contributed by atoms with Crippen LogP contribution in [-0.4, -0.2) is 6.29 Å². The molecule has 0 bridgehead atoms. The second kappa shape index (κ2) is 4.57. The second-order valence-corrected chi connectivity index (χ2v) is 1.81. The van der Waals surface area contributed by atoms with Gasteiger partial charge < -0.3 is 0 Å². The van der Waals surface area contributed by atoms with Crippen molar-refractivity contribution in [2.24, 2.45) is 0 Å². The van der Waals surface area contributed by atoms with Crippen LogP contribution >= 0.6 is 0 Å². The molecule has 0 saturated heterocycles. The molecule has 0 aliphatic carbocycles. The first-order chi connectivity index (χ1) is 3.81. The van der Waals surface area contributed by atoms with Crippen molar-refractivity contribution in [1.29, 1.82) is 0 Å². The van der Waals surface area contributed by atoms with Crippen molar-refractivity contribution >= 4 is 6.29 Å². The Bertz CT molecular complexity index is 84.4. The maximum absolute atomic E-state index is 9.79. The van der Waals surface area contributed by atoms with Gasteiger partial charge in [-0.3, -0.25) is 4.79 Å². The van der Waals surface area contributed by atoms with Crippen LogP contribution in [0.2, 0.25) is 0 Å². The molecule has 0 saturated carbocycles. The van der Waals surface area contributed by atoms with Crippen LogP contribution in [0.15, 0.2) is 12.2 Å². The first-order valence-electron chi connectivity index (χ1n) is 2.87. The molecular formula is C7H11O. The quantitative estimate of drug-likeness (QED) is 0.506. The van der Waals surface area contributed by atoms with Crippen LogP contribution in [0.3, 0.4) is 0 Å². The lowest BCUT2D eigenvalue weighted by Crippen LogP contribution is -1.80. The van der Waals surface area contributed by atoms with E-state index in [-0.39, 0.29) is 0 Å². The summed E-state index contributed by atoms with van der Waals surface area (Å²) < 4.78 is 0. The number of allylic oxidation sites excluding steroid dienone is 1. The Morgan fingerprint density at radius 3 is 2.75 bits per heavy atom. The summed E-state index contributed by atoms with van der Waals surface area (Å²) in [7, 11) is 0. The molecule has 0 spiro atoms. The van der Waals surface area contributed by atoms with E-state index in [1.165, 1.54) is 0 Å². The van der Waals surface area contributed by atoms with Gasteiger partial charge in [-0.1, -0.05) is 19.9 Å². The van der Waals surface area contributed by atoms with Crippen LogP contribution in [-0.2, 0) is 4.79 Å². The van der Waals surface area contributed by atoms with Crippen molar-refractivity contribution in [1.82, 2.24) is 0 Å². The molecule has 0 aliphatic heterocycles. The SMILES string of the molecule is C=C([C]=O)CCCC. The Hall–Kier alpha value is -0.590. The number of carbonyl (C=O) groups excluding carboxylic acids is 1. The van der Waals surface area contributed by atoms with E-state index in [1.807, 2.05) is 0 Å². The molecular weight excluding hydrogens is 100 g/mol. The second-order valence-electron chi connectivity index (χ2n) is 1.81. The van der Waals surface area contributed by atoms with Gasteiger partial charge in [0.05, 0.1) is 0 Å². The van der Waals surface area contributed by atoms with E-state index < -0.39 is 0 Å². The summed E-state index contributed by atoms with van der Waals surface area (Å²) in [4.78, 5) is 9.79. The summed E-state index contributed by atoms with van der Waals surface area (Å²) in [6.07, 6.45) is 4.72. The van der Waals surface area contributed by atoms with Crippen LogP contribution in [0, 0.1) is 0 Å². The zero-order valence-corrected chi connectivity index (χ0v) is 5.24. The fourth-order valence-electron chi connectivity index (χ4n) is 0.441. The maximum Gasteiger partial charge on any atom is 0.228 e. The largest absolute Gasteiger partial charge is 0.285 e. The van der Waals surface area contributed by atoms with Crippen molar-refractivity contribution in [3.63, 3.8) is 0 Å². The highest BCUT2D eigenvalue weighted by molar-refractivity contribution is 5.72. The third-order valence-electron chi connectivity index (χ3n) is 0.976. The highest BCUT2D eigenvalue weighted by Gasteiger charge is 1.88. The van der Waals surface area contributed by atoms with Gasteiger partial charge in [0.2, 0.25) is 6.29 Å². The van der Waals surface area contributed by atoms with Crippen LogP contribution in [0.1, 0.15) is 26.2 Å². The molecule has 0 aromatic heterocycles. The Morgan fingerprint density at radius 2 is 2.38 bits per heavy atom. The van der Waals surface area contributed by atoms with Crippen molar-refractivity contribution in [3.8, 4) is 0 Å². The summed E-state index contributed by atoms with van der Waals surface area (Å²) >= 11 is 0. The molecule has 1 nitrogen and oxygen atoms in total. The van der Waals surface area contributed by atoms with Gasteiger partial charge in [-0.05, 0) is 18.4 Å². The third kappa shape index (κ3) is 3.59. The molecule has 0 aliphatic rings. The molecule has 0 aromatic carbocycles. The fraction of sp³-hybridized carbons (Fsp3) is 0.571. The summed E-state index contributed by atoms with van der Waals surface area (Å²) in [6, 6.07) is 0. The monoisotopic (exact) mass is 111 g/mol. The smallest absolute Gasteiger partial charge is 0.228 e. The van der Waals surface area contributed by atoms with E-state index >= 15 is 0 Å². The minimum Gasteiger partial charge on any atom is -0.285 e. The van der Waals surface area contributed by atoms with E-state index in [4.69, 9.17) is 0 Å². The number of unbranched alkanes of at least 4 members (excludes halogenated alkanes) is 1. The first kappa shape index (κ1) is 7.41. The molecule has 45 valence electrons. The normalized spacial score (nSPS) is 8.62. The van der Waals surface area contributed by atoms with Gasteiger partial charge in [0.15, 0.2) is 0 Å². The van der Waals surface area contributed by atoms with Crippen molar-refractivity contribution in [3.05, 3.63) is 12.2 Å². The van der Waals surface area contributed by atoms with Crippen LogP contribution in [0.5, 0.6) is 0 Å². The lowest BCUT2D eigenvalue weighted by molar-refractivity contribution is 0.559. The van der Waals surface area contributed by atoms with Crippen molar-refractivity contribution in [2.45, 2.75) is 26.2 Å². The predicted octanol–water partition coefficient (Wildman–Crippen LogP) is 1.84. The zero-order valence-electron chi connectivity index (χ0n) is 5.24. The lowest BCUT2D eigenvalue weighted by atomic mass is 10.1. The van der Waals surface area contributed by atoms with Gasteiger partial charge in [0.1, 0.15) is 0 Å². The van der Waals surface area contributed by atoms with Crippen molar-refractivity contribution < 1.29 is 4.79 Å². The number of rotatable bonds is 4. The third-order valence-corrected chi connectivity index (χ3v) is 0.976. The molecule has 0 fully saturated rings. The van der Waals surface area contributed by atoms with Gasteiger partial charge in [0, 0.05) is 0 Å². The van der Waals surface area contributed by atoms with Crippen LogP contribution in [0.25, 0.3) is 0 Å². The lowest BCUT2D eigenvalue weighted by Gasteiger charge is -1.89.